The molecular formula is C11H18. The quantitative estimate of drug-likeness (QED) is 0.414. The van der Waals surface area contributed by atoms with Crippen LogP contribution in [-0.2, 0) is 0 Å². The van der Waals surface area contributed by atoms with Gasteiger partial charge in [0.25, 0.3) is 0 Å². The minimum atomic E-state index is 1.20. The van der Waals surface area contributed by atoms with Crippen molar-refractivity contribution in [3.63, 3.8) is 0 Å². The molecule has 62 valence electrons. The minimum Gasteiger partial charge on any atom is -0.103 e. The zero-order valence-corrected chi connectivity index (χ0v) is 7.80. The smallest absolute Gasteiger partial charge is 0.0398 e. The van der Waals surface area contributed by atoms with Crippen LogP contribution in [0.3, 0.4) is 0 Å². The Bertz CT molecular complexity index is 147. The maximum absolute atomic E-state index is 3.61. The van der Waals surface area contributed by atoms with Crippen LogP contribution in [0.1, 0.15) is 20.8 Å². The summed E-state index contributed by atoms with van der Waals surface area (Å²) in [5, 5.41) is 0. The van der Waals surface area contributed by atoms with Gasteiger partial charge in [0.1, 0.15) is 0 Å². The van der Waals surface area contributed by atoms with Crippen molar-refractivity contribution in [3.05, 3.63) is 49.1 Å². The Morgan fingerprint density at radius 1 is 1.18 bits per heavy atom. The summed E-state index contributed by atoms with van der Waals surface area (Å²) in [6, 6.07) is 0. The van der Waals surface area contributed by atoms with Crippen molar-refractivity contribution in [3.8, 4) is 0 Å². The Morgan fingerprint density at radius 2 is 1.64 bits per heavy atom. The van der Waals surface area contributed by atoms with E-state index in [9.17, 15) is 0 Å². The van der Waals surface area contributed by atoms with Crippen LogP contribution in [0.2, 0.25) is 0 Å². The molecule has 0 aliphatic carbocycles. The van der Waals surface area contributed by atoms with E-state index in [2.05, 4.69) is 13.2 Å². The normalized spacial score (nSPS) is 10.3. The fourth-order valence-electron chi connectivity index (χ4n) is 0.316. The van der Waals surface area contributed by atoms with Gasteiger partial charge < -0.3 is 0 Å². The van der Waals surface area contributed by atoms with Gasteiger partial charge in [0, 0.05) is 0 Å². The maximum Gasteiger partial charge on any atom is -0.0398 e. The molecule has 0 fully saturated rings. The van der Waals surface area contributed by atoms with E-state index < -0.39 is 0 Å². The molecule has 11 heavy (non-hydrogen) atoms. The molecular weight excluding hydrogens is 132 g/mol. The fraction of sp³-hybridized carbons (Fsp3) is 0.273. The molecule has 0 N–H and O–H groups in total. The second-order valence-corrected chi connectivity index (χ2v) is 2.05. The monoisotopic (exact) mass is 150 g/mol. The van der Waals surface area contributed by atoms with E-state index in [1.165, 1.54) is 5.57 Å². The topological polar surface area (TPSA) is 0 Å². The lowest BCUT2D eigenvalue weighted by molar-refractivity contribution is 1.53. The summed E-state index contributed by atoms with van der Waals surface area (Å²) in [5.74, 6) is 0. The van der Waals surface area contributed by atoms with Crippen LogP contribution in [0.15, 0.2) is 49.1 Å². The number of allylic oxidation sites excluding steroid dienone is 6. The van der Waals surface area contributed by atoms with Gasteiger partial charge in [-0.15, -0.1) is 6.58 Å². The van der Waals surface area contributed by atoms with Crippen molar-refractivity contribution >= 4 is 0 Å². The van der Waals surface area contributed by atoms with Gasteiger partial charge in [0.2, 0.25) is 0 Å². The second-order valence-electron chi connectivity index (χ2n) is 2.05. The summed E-state index contributed by atoms with van der Waals surface area (Å²) >= 11 is 0. The zero-order valence-electron chi connectivity index (χ0n) is 7.80. The second kappa shape index (κ2) is 11.7. The third-order valence-corrected chi connectivity index (χ3v) is 0.874. The van der Waals surface area contributed by atoms with E-state index in [4.69, 9.17) is 0 Å². The third-order valence-electron chi connectivity index (χ3n) is 0.874. The molecule has 0 aromatic rings. The molecule has 0 saturated carbocycles. The van der Waals surface area contributed by atoms with Crippen molar-refractivity contribution in [2.24, 2.45) is 0 Å². The molecule has 0 rings (SSSR count). The lowest BCUT2D eigenvalue weighted by Gasteiger charge is -1.81. The molecule has 0 aliphatic rings. The van der Waals surface area contributed by atoms with Crippen LogP contribution in [0.5, 0.6) is 0 Å². The molecule has 0 heteroatoms. The zero-order chi connectivity index (χ0) is 9.11. The Morgan fingerprint density at radius 3 is 1.91 bits per heavy atom. The summed E-state index contributed by atoms with van der Waals surface area (Å²) in [6.45, 7) is 12.9. The van der Waals surface area contributed by atoms with Gasteiger partial charge >= 0.3 is 0 Å². The highest BCUT2D eigenvalue weighted by molar-refractivity contribution is 5.18. The molecule has 0 aromatic heterocycles. The molecule has 0 aromatic carbocycles. The lowest BCUT2D eigenvalue weighted by Crippen LogP contribution is -1.60. The van der Waals surface area contributed by atoms with Crippen LogP contribution in [0.4, 0.5) is 0 Å². The van der Waals surface area contributed by atoms with Gasteiger partial charge in [-0.25, -0.2) is 0 Å². The first-order valence-corrected chi connectivity index (χ1v) is 3.72. The van der Waals surface area contributed by atoms with E-state index in [0.29, 0.717) is 0 Å². The molecule has 0 spiro atoms. The van der Waals surface area contributed by atoms with Gasteiger partial charge in [-0.05, 0) is 20.8 Å². The molecule has 0 heterocycles. The summed E-state index contributed by atoms with van der Waals surface area (Å²) < 4.78 is 0. The van der Waals surface area contributed by atoms with Crippen molar-refractivity contribution in [1.29, 1.82) is 0 Å². The van der Waals surface area contributed by atoms with Gasteiger partial charge in [0.15, 0.2) is 0 Å². The standard InChI is InChI=1S/C8H12.C3H6/c1-4-6-7-8(3)5-2;1-3-2/h4-7H,2H2,1,3H3;3H,1H2,2H3/b6-4-,8-7+;. The molecule has 0 atom stereocenters. The SMILES string of the molecule is C=C/C(C)=C/C=C\C.C=CC. The molecule has 0 radical (unpaired) electrons. The first-order chi connectivity index (χ1) is 5.22. The largest absolute Gasteiger partial charge is 0.103 e. The van der Waals surface area contributed by atoms with E-state index in [0.717, 1.165) is 0 Å². The summed E-state index contributed by atoms with van der Waals surface area (Å²) in [4.78, 5) is 0. The van der Waals surface area contributed by atoms with E-state index >= 15 is 0 Å². The first kappa shape index (κ1) is 12.6. The molecule has 0 amide bonds. The Balaban J connectivity index is 0. The van der Waals surface area contributed by atoms with Crippen molar-refractivity contribution in [2.45, 2.75) is 20.8 Å². The van der Waals surface area contributed by atoms with Gasteiger partial charge in [-0.1, -0.05) is 42.5 Å². The van der Waals surface area contributed by atoms with Crippen LogP contribution in [0, 0.1) is 0 Å². The molecule has 0 bridgehead atoms. The predicted molar refractivity (Wildman–Crippen MR) is 54.6 cm³/mol. The first-order valence-electron chi connectivity index (χ1n) is 3.72. The highest BCUT2D eigenvalue weighted by Crippen LogP contribution is 1.91. The van der Waals surface area contributed by atoms with Crippen molar-refractivity contribution < 1.29 is 0 Å². The van der Waals surface area contributed by atoms with E-state index in [1.54, 1.807) is 6.08 Å². The van der Waals surface area contributed by atoms with Gasteiger partial charge in [0.05, 0.1) is 0 Å². The fourth-order valence-corrected chi connectivity index (χ4v) is 0.316. The molecule has 0 aliphatic heterocycles. The Labute approximate surface area is 70.6 Å². The van der Waals surface area contributed by atoms with E-state index in [1.807, 2.05) is 45.1 Å². The number of hydrogen-bond acceptors (Lipinski definition) is 0. The Kier molecular flexibility index (Phi) is 13.4. The predicted octanol–water partition coefficient (Wildman–Crippen LogP) is 3.89. The van der Waals surface area contributed by atoms with Gasteiger partial charge in [-0.3, -0.25) is 0 Å². The highest BCUT2D eigenvalue weighted by Gasteiger charge is 1.70. The highest BCUT2D eigenvalue weighted by atomic mass is 13.8. The minimum absolute atomic E-state index is 1.20. The maximum atomic E-state index is 3.61. The summed E-state index contributed by atoms with van der Waals surface area (Å²) in [7, 11) is 0. The third kappa shape index (κ3) is 17.6. The average Bonchev–Trinajstić information content (AvgIpc) is 2.02. The molecule has 0 nitrogen and oxygen atoms in total. The van der Waals surface area contributed by atoms with Crippen LogP contribution in [-0.4, -0.2) is 0 Å². The number of rotatable bonds is 2. The van der Waals surface area contributed by atoms with Crippen molar-refractivity contribution in [1.82, 2.24) is 0 Å². The van der Waals surface area contributed by atoms with Gasteiger partial charge in [-0.2, -0.15) is 0 Å². The van der Waals surface area contributed by atoms with Crippen LogP contribution < -0.4 is 0 Å². The molecule has 0 saturated heterocycles. The Hall–Kier alpha value is -1.04. The van der Waals surface area contributed by atoms with Crippen molar-refractivity contribution in [2.75, 3.05) is 0 Å². The van der Waals surface area contributed by atoms with Crippen LogP contribution in [0.25, 0.3) is 0 Å². The summed E-state index contributed by atoms with van der Waals surface area (Å²) in [5.41, 5.74) is 1.20. The lowest BCUT2D eigenvalue weighted by atomic mass is 10.3. The average molecular weight is 150 g/mol. The number of hydrogen-bond donors (Lipinski definition) is 0. The van der Waals surface area contributed by atoms with Crippen LogP contribution >= 0.6 is 0 Å². The molecule has 0 unspecified atom stereocenters. The van der Waals surface area contributed by atoms with E-state index in [-0.39, 0.29) is 0 Å². The summed E-state index contributed by atoms with van der Waals surface area (Å²) in [6.07, 6.45) is 9.59.